The van der Waals surface area contributed by atoms with Crippen LogP contribution in [0.5, 0.6) is 5.75 Å². The molecule has 7 heteroatoms. The van der Waals surface area contributed by atoms with Crippen LogP contribution in [0.1, 0.15) is 31.4 Å². The molecule has 2 amide bonds. The molecule has 0 heterocycles. The van der Waals surface area contributed by atoms with Gasteiger partial charge in [-0.2, -0.15) is 0 Å². The molecule has 2 rings (SSSR count). The van der Waals surface area contributed by atoms with E-state index >= 15 is 0 Å². The molecule has 0 spiro atoms. The fourth-order valence-corrected chi connectivity index (χ4v) is 4.00. The monoisotopic (exact) mass is 492 g/mol. The Kier molecular flexibility index (Phi) is 10.2. The predicted molar refractivity (Wildman–Crippen MR) is 127 cm³/mol. The van der Waals surface area contributed by atoms with Crippen molar-refractivity contribution in [2.45, 2.75) is 38.6 Å². The minimum absolute atomic E-state index is 0.0564. The van der Waals surface area contributed by atoms with Crippen LogP contribution in [0.4, 0.5) is 0 Å². The minimum Gasteiger partial charge on any atom is -0.497 e. The van der Waals surface area contributed by atoms with E-state index in [1.165, 1.54) is 0 Å². The van der Waals surface area contributed by atoms with E-state index in [0.717, 1.165) is 33.5 Å². The molecule has 5 nitrogen and oxygen atoms in total. The highest BCUT2D eigenvalue weighted by molar-refractivity contribution is 9.10. The minimum atomic E-state index is -0.552. The summed E-state index contributed by atoms with van der Waals surface area (Å²) in [5.41, 5.74) is 2.08. The van der Waals surface area contributed by atoms with Crippen LogP contribution in [0, 0.1) is 0 Å². The zero-order valence-electron chi connectivity index (χ0n) is 17.7. The smallest absolute Gasteiger partial charge is 0.242 e. The number of hydrogen-bond acceptors (Lipinski definition) is 4. The summed E-state index contributed by atoms with van der Waals surface area (Å²) in [4.78, 5) is 27.2. The Hall–Kier alpha value is -1.99. The Morgan fingerprint density at radius 2 is 1.90 bits per heavy atom. The normalized spacial score (nSPS) is 11.6. The molecule has 2 aromatic carbocycles. The van der Waals surface area contributed by atoms with Crippen LogP contribution in [-0.2, 0) is 21.9 Å². The van der Waals surface area contributed by atoms with Gasteiger partial charge in [0, 0.05) is 23.3 Å². The Bertz CT molecular complexity index is 829. The zero-order chi connectivity index (χ0) is 21.9. The standard InChI is InChI=1S/C23H29BrN2O3S/c1-4-12-25-23(28)17(2)26(14-19-6-5-7-21(13-19)29-3)22(27)16-30-15-18-8-10-20(24)11-9-18/h5-11,13,17H,4,12,14-16H2,1-3H3,(H,25,28). The van der Waals surface area contributed by atoms with Gasteiger partial charge in [-0.25, -0.2) is 0 Å². The maximum atomic E-state index is 13.1. The van der Waals surface area contributed by atoms with E-state index in [4.69, 9.17) is 4.74 Å². The molecule has 0 saturated heterocycles. The number of amides is 2. The number of carbonyl (C=O) groups is 2. The lowest BCUT2D eigenvalue weighted by Crippen LogP contribution is -2.48. The third kappa shape index (κ3) is 7.69. The first-order valence-corrected chi connectivity index (χ1v) is 11.9. The summed E-state index contributed by atoms with van der Waals surface area (Å²) >= 11 is 4.98. The number of rotatable bonds is 11. The fourth-order valence-electron chi connectivity index (χ4n) is 2.87. The van der Waals surface area contributed by atoms with Gasteiger partial charge in [-0.15, -0.1) is 11.8 Å². The number of methoxy groups -OCH3 is 1. The van der Waals surface area contributed by atoms with Gasteiger partial charge >= 0.3 is 0 Å². The van der Waals surface area contributed by atoms with Crippen molar-refractivity contribution >= 4 is 39.5 Å². The Morgan fingerprint density at radius 3 is 2.57 bits per heavy atom. The number of nitrogens with one attached hydrogen (secondary N) is 1. The van der Waals surface area contributed by atoms with E-state index in [-0.39, 0.29) is 11.8 Å². The molecule has 0 aliphatic rings. The molecular formula is C23H29BrN2O3S. The van der Waals surface area contributed by atoms with Crippen molar-refractivity contribution in [1.29, 1.82) is 0 Å². The maximum absolute atomic E-state index is 13.1. The third-order valence-corrected chi connectivity index (χ3v) is 6.13. The topological polar surface area (TPSA) is 58.6 Å². The largest absolute Gasteiger partial charge is 0.497 e. The number of nitrogens with zero attached hydrogens (tertiary/aromatic N) is 1. The maximum Gasteiger partial charge on any atom is 0.242 e. The SMILES string of the molecule is CCCNC(=O)C(C)N(Cc1cccc(OC)c1)C(=O)CSCc1ccc(Br)cc1. The summed E-state index contributed by atoms with van der Waals surface area (Å²) in [6.45, 7) is 4.74. The first kappa shape index (κ1) is 24.3. The molecule has 1 unspecified atom stereocenters. The molecule has 0 radical (unpaired) electrons. The lowest BCUT2D eigenvalue weighted by Gasteiger charge is -2.29. The summed E-state index contributed by atoms with van der Waals surface area (Å²) < 4.78 is 6.32. The summed E-state index contributed by atoms with van der Waals surface area (Å²) in [6, 6.07) is 15.1. The van der Waals surface area contributed by atoms with Crippen LogP contribution in [0.25, 0.3) is 0 Å². The zero-order valence-corrected chi connectivity index (χ0v) is 20.1. The van der Waals surface area contributed by atoms with Crippen molar-refractivity contribution in [3.8, 4) is 5.75 Å². The number of ether oxygens (including phenoxy) is 1. The van der Waals surface area contributed by atoms with E-state index in [9.17, 15) is 9.59 Å². The van der Waals surface area contributed by atoms with Gasteiger partial charge in [0.05, 0.1) is 12.9 Å². The number of benzene rings is 2. The van der Waals surface area contributed by atoms with Crippen molar-refractivity contribution in [2.75, 3.05) is 19.4 Å². The number of halogens is 1. The van der Waals surface area contributed by atoms with Crippen molar-refractivity contribution in [3.63, 3.8) is 0 Å². The molecule has 0 aromatic heterocycles. The molecular weight excluding hydrogens is 464 g/mol. The third-order valence-electron chi connectivity index (χ3n) is 4.61. The number of hydrogen-bond donors (Lipinski definition) is 1. The average molecular weight is 493 g/mol. The van der Waals surface area contributed by atoms with E-state index in [0.29, 0.717) is 18.8 Å². The van der Waals surface area contributed by atoms with Crippen LogP contribution in [0.3, 0.4) is 0 Å². The Labute approximate surface area is 191 Å². The second kappa shape index (κ2) is 12.6. The fraction of sp³-hybridized carbons (Fsp3) is 0.391. The van der Waals surface area contributed by atoms with Gasteiger partial charge in [-0.1, -0.05) is 47.1 Å². The lowest BCUT2D eigenvalue weighted by atomic mass is 10.1. The lowest BCUT2D eigenvalue weighted by molar-refractivity contribution is -0.138. The number of carbonyl (C=O) groups excluding carboxylic acids is 2. The summed E-state index contributed by atoms with van der Waals surface area (Å²) in [6.07, 6.45) is 0.853. The molecule has 0 aliphatic carbocycles. The van der Waals surface area contributed by atoms with E-state index in [1.807, 2.05) is 55.5 Å². The quantitative estimate of drug-likeness (QED) is 0.496. The highest BCUT2D eigenvalue weighted by Gasteiger charge is 2.25. The highest BCUT2D eigenvalue weighted by Crippen LogP contribution is 2.19. The molecule has 162 valence electrons. The van der Waals surface area contributed by atoms with Crippen molar-refractivity contribution in [1.82, 2.24) is 10.2 Å². The van der Waals surface area contributed by atoms with Crippen LogP contribution in [0.15, 0.2) is 53.0 Å². The molecule has 1 N–H and O–H groups in total. The van der Waals surface area contributed by atoms with E-state index < -0.39 is 6.04 Å². The molecule has 0 fully saturated rings. The molecule has 0 saturated carbocycles. The van der Waals surface area contributed by atoms with Gasteiger partial charge in [0.2, 0.25) is 11.8 Å². The molecule has 1 atom stereocenters. The Morgan fingerprint density at radius 1 is 1.17 bits per heavy atom. The molecule has 0 bridgehead atoms. The molecule has 2 aromatic rings. The van der Waals surface area contributed by atoms with Gasteiger partial charge in [0.25, 0.3) is 0 Å². The predicted octanol–water partition coefficient (Wildman–Crippen LogP) is 4.63. The van der Waals surface area contributed by atoms with Crippen LogP contribution >= 0.6 is 27.7 Å². The van der Waals surface area contributed by atoms with E-state index in [1.54, 1.807) is 30.7 Å². The van der Waals surface area contributed by atoms with Crippen molar-refractivity contribution in [2.24, 2.45) is 0 Å². The van der Waals surface area contributed by atoms with Crippen LogP contribution in [-0.4, -0.2) is 42.2 Å². The average Bonchev–Trinajstić information content (AvgIpc) is 2.76. The first-order chi connectivity index (χ1) is 14.4. The van der Waals surface area contributed by atoms with E-state index in [2.05, 4.69) is 21.2 Å². The van der Waals surface area contributed by atoms with Gasteiger partial charge in [0.15, 0.2) is 0 Å². The molecule has 30 heavy (non-hydrogen) atoms. The van der Waals surface area contributed by atoms with Crippen LogP contribution < -0.4 is 10.1 Å². The second-order valence-electron chi connectivity index (χ2n) is 6.96. The number of thioether (sulfide) groups is 1. The second-order valence-corrected chi connectivity index (χ2v) is 8.86. The van der Waals surface area contributed by atoms with Crippen LogP contribution in [0.2, 0.25) is 0 Å². The van der Waals surface area contributed by atoms with Gasteiger partial charge in [0.1, 0.15) is 11.8 Å². The van der Waals surface area contributed by atoms with Gasteiger partial charge < -0.3 is 15.0 Å². The molecule has 0 aliphatic heterocycles. The summed E-state index contributed by atoms with van der Waals surface area (Å²) in [7, 11) is 1.61. The first-order valence-electron chi connectivity index (χ1n) is 9.97. The van der Waals surface area contributed by atoms with Gasteiger partial charge in [-0.05, 0) is 48.7 Å². The Balaban J connectivity index is 2.06. The van der Waals surface area contributed by atoms with Gasteiger partial charge in [-0.3, -0.25) is 9.59 Å². The highest BCUT2D eigenvalue weighted by atomic mass is 79.9. The van der Waals surface area contributed by atoms with Crippen molar-refractivity contribution in [3.05, 3.63) is 64.1 Å². The van der Waals surface area contributed by atoms with Crippen molar-refractivity contribution < 1.29 is 14.3 Å². The summed E-state index contributed by atoms with van der Waals surface area (Å²) in [5, 5.41) is 2.89. The summed E-state index contributed by atoms with van der Waals surface area (Å²) in [5.74, 6) is 1.59.